The van der Waals surface area contributed by atoms with Crippen LogP contribution in [0.5, 0.6) is 0 Å². The van der Waals surface area contributed by atoms with Crippen molar-refractivity contribution in [2.75, 3.05) is 20.1 Å². The molecule has 3 unspecified atom stereocenters. The molecule has 3 atom stereocenters. The number of hydrogen-bond donors (Lipinski definition) is 2. The highest BCUT2D eigenvalue weighted by atomic mass is 35.5. The average Bonchev–Trinajstić information content (AvgIpc) is 3.01. The normalized spacial score (nSPS) is 25.0. The second-order valence-electron chi connectivity index (χ2n) is 6.84. The molecule has 138 valence electrons. The number of benzene rings is 1. The SMILES string of the molecule is CNCCNC(=O)C1CC2CCCCC2N1C(=O)c1ccccc1.Cl. The molecule has 1 saturated heterocycles. The first kappa shape index (κ1) is 19.7. The van der Waals surface area contributed by atoms with Crippen LogP contribution in [0.2, 0.25) is 0 Å². The Morgan fingerprint density at radius 1 is 1.12 bits per heavy atom. The third-order valence-electron chi connectivity index (χ3n) is 5.32. The van der Waals surface area contributed by atoms with Gasteiger partial charge in [-0.2, -0.15) is 0 Å². The standard InChI is InChI=1S/C19H27N3O2.ClH/c1-20-11-12-21-18(23)17-13-15-9-5-6-10-16(15)22(17)19(24)14-7-3-2-4-8-14;/h2-4,7-8,15-17,20H,5-6,9-13H2,1H3,(H,21,23);1H. The number of hydrogen-bond acceptors (Lipinski definition) is 3. The van der Waals surface area contributed by atoms with Crippen molar-refractivity contribution in [3.63, 3.8) is 0 Å². The number of amides is 2. The van der Waals surface area contributed by atoms with Crippen LogP contribution in [-0.2, 0) is 4.79 Å². The average molecular weight is 366 g/mol. The number of nitrogens with one attached hydrogen (secondary N) is 2. The summed E-state index contributed by atoms with van der Waals surface area (Å²) in [6.07, 6.45) is 5.30. The van der Waals surface area contributed by atoms with E-state index in [0.29, 0.717) is 18.0 Å². The molecule has 2 aliphatic rings. The molecular weight excluding hydrogens is 338 g/mol. The van der Waals surface area contributed by atoms with Crippen LogP contribution in [0, 0.1) is 5.92 Å². The fourth-order valence-electron chi connectivity index (χ4n) is 4.14. The summed E-state index contributed by atoms with van der Waals surface area (Å²) >= 11 is 0. The van der Waals surface area contributed by atoms with E-state index in [1.807, 2.05) is 42.3 Å². The van der Waals surface area contributed by atoms with Gasteiger partial charge in [-0.25, -0.2) is 0 Å². The molecule has 1 aliphatic carbocycles. The van der Waals surface area contributed by atoms with Crippen molar-refractivity contribution in [3.8, 4) is 0 Å². The molecule has 2 N–H and O–H groups in total. The number of likely N-dealkylation sites (tertiary alicyclic amines) is 1. The van der Waals surface area contributed by atoms with E-state index in [1.165, 1.54) is 6.42 Å². The van der Waals surface area contributed by atoms with Gasteiger partial charge in [-0.1, -0.05) is 31.0 Å². The second kappa shape index (κ2) is 9.20. The van der Waals surface area contributed by atoms with Gasteiger partial charge in [-0.05, 0) is 44.4 Å². The second-order valence-corrected chi connectivity index (χ2v) is 6.84. The number of fused-ring (bicyclic) bond motifs is 1. The number of rotatable bonds is 5. The van der Waals surface area contributed by atoms with Gasteiger partial charge in [0.2, 0.25) is 5.91 Å². The van der Waals surface area contributed by atoms with Crippen LogP contribution in [0.15, 0.2) is 30.3 Å². The van der Waals surface area contributed by atoms with E-state index in [0.717, 1.165) is 32.2 Å². The van der Waals surface area contributed by atoms with Crippen LogP contribution < -0.4 is 10.6 Å². The van der Waals surface area contributed by atoms with Gasteiger partial charge in [0.15, 0.2) is 0 Å². The fraction of sp³-hybridized carbons (Fsp3) is 0.579. The van der Waals surface area contributed by atoms with Crippen molar-refractivity contribution >= 4 is 24.2 Å². The molecule has 1 saturated carbocycles. The first-order valence-electron chi connectivity index (χ1n) is 9.02. The van der Waals surface area contributed by atoms with Crippen LogP contribution in [0.1, 0.15) is 42.5 Å². The maximum Gasteiger partial charge on any atom is 0.254 e. The Morgan fingerprint density at radius 3 is 2.56 bits per heavy atom. The topological polar surface area (TPSA) is 61.4 Å². The summed E-state index contributed by atoms with van der Waals surface area (Å²) in [5.41, 5.74) is 0.678. The minimum Gasteiger partial charge on any atom is -0.353 e. The highest BCUT2D eigenvalue weighted by Gasteiger charge is 2.47. The molecular formula is C19H28ClN3O2. The lowest BCUT2D eigenvalue weighted by Crippen LogP contribution is -2.50. The Balaban J connectivity index is 0.00000225. The lowest BCUT2D eigenvalue weighted by atomic mass is 9.84. The van der Waals surface area contributed by atoms with Gasteiger partial charge in [0.1, 0.15) is 6.04 Å². The van der Waals surface area contributed by atoms with Gasteiger partial charge < -0.3 is 15.5 Å². The summed E-state index contributed by atoms with van der Waals surface area (Å²) in [6.45, 7) is 1.33. The molecule has 0 spiro atoms. The van der Waals surface area contributed by atoms with E-state index in [9.17, 15) is 9.59 Å². The van der Waals surface area contributed by atoms with E-state index in [4.69, 9.17) is 0 Å². The molecule has 1 heterocycles. The monoisotopic (exact) mass is 365 g/mol. The molecule has 5 nitrogen and oxygen atoms in total. The van der Waals surface area contributed by atoms with Gasteiger partial charge in [0.05, 0.1) is 0 Å². The summed E-state index contributed by atoms with van der Waals surface area (Å²) in [4.78, 5) is 27.6. The van der Waals surface area contributed by atoms with Gasteiger partial charge in [-0.3, -0.25) is 9.59 Å². The molecule has 2 fully saturated rings. The molecule has 2 amide bonds. The van der Waals surface area contributed by atoms with Crippen molar-refractivity contribution in [2.45, 2.75) is 44.2 Å². The fourth-order valence-corrected chi connectivity index (χ4v) is 4.14. The Labute approximate surface area is 155 Å². The van der Waals surface area contributed by atoms with Gasteiger partial charge in [0.25, 0.3) is 5.91 Å². The summed E-state index contributed by atoms with van der Waals surface area (Å²) in [5, 5.41) is 6.00. The Kier molecular flexibility index (Phi) is 7.26. The summed E-state index contributed by atoms with van der Waals surface area (Å²) in [7, 11) is 1.86. The Bertz CT molecular complexity index is 581. The summed E-state index contributed by atoms with van der Waals surface area (Å²) in [6, 6.07) is 9.23. The first-order valence-corrected chi connectivity index (χ1v) is 9.02. The minimum atomic E-state index is -0.331. The third kappa shape index (κ3) is 4.33. The van der Waals surface area contributed by atoms with Crippen molar-refractivity contribution in [3.05, 3.63) is 35.9 Å². The lowest BCUT2D eigenvalue weighted by Gasteiger charge is -2.33. The molecule has 0 aromatic heterocycles. The van der Waals surface area contributed by atoms with Crippen LogP contribution in [0.3, 0.4) is 0 Å². The third-order valence-corrected chi connectivity index (χ3v) is 5.32. The van der Waals surface area contributed by atoms with E-state index < -0.39 is 0 Å². The number of halogens is 1. The quantitative estimate of drug-likeness (QED) is 0.786. The van der Waals surface area contributed by atoms with Crippen molar-refractivity contribution < 1.29 is 9.59 Å². The summed E-state index contributed by atoms with van der Waals surface area (Å²) < 4.78 is 0. The number of carbonyl (C=O) groups excluding carboxylic acids is 2. The van der Waals surface area contributed by atoms with Gasteiger partial charge in [0, 0.05) is 24.7 Å². The molecule has 1 aromatic carbocycles. The van der Waals surface area contributed by atoms with Gasteiger partial charge >= 0.3 is 0 Å². The largest absolute Gasteiger partial charge is 0.353 e. The molecule has 25 heavy (non-hydrogen) atoms. The molecule has 6 heteroatoms. The molecule has 1 aliphatic heterocycles. The highest BCUT2D eigenvalue weighted by molar-refractivity contribution is 5.98. The highest BCUT2D eigenvalue weighted by Crippen LogP contribution is 2.40. The van der Waals surface area contributed by atoms with Crippen LogP contribution in [0.4, 0.5) is 0 Å². The van der Waals surface area contributed by atoms with Crippen LogP contribution >= 0.6 is 12.4 Å². The maximum absolute atomic E-state index is 13.1. The molecule has 0 bridgehead atoms. The van der Waals surface area contributed by atoms with Crippen LogP contribution in [0.25, 0.3) is 0 Å². The van der Waals surface area contributed by atoms with E-state index in [2.05, 4.69) is 10.6 Å². The predicted octanol–water partition coefficient (Wildman–Crippen LogP) is 2.22. The number of carbonyl (C=O) groups is 2. The minimum absolute atomic E-state index is 0. The first-order chi connectivity index (χ1) is 11.7. The van der Waals surface area contributed by atoms with E-state index in [-0.39, 0.29) is 36.3 Å². The lowest BCUT2D eigenvalue weighted by molar-refractivity contribution is -0.125. The van der Waals surface area contributed by atoms with Crippen molar-refractivity contribution in [1.82, 2.24) is 15.5 Å². The summed E-state index contributed by atoms with van der Waals surface area (Å²) in [5.74, 6) is 0.453. The number of nitrogens with zero attached hydrogens (tertiary/aromatic N) is 1. The molecule has 0 radical (unpaired) electrons. The zero-order valence-electron chi connectivity index (χ0n) is 14.7. The maximum atomic E-state index is 13.1. The molecule has 1 aromatic rings. The van der Waals surface area contributed by atoms with Crippen LogP contribution in [-0.4, -0.2) is 48.9 Å². The zero-order valence-corrected chi connectivity index (χ0v) is 15.6. The van der Waals surface area contributed by atoms with Gasteiger partial charge in [-0.15, -0.1) is 12.4 Å². The van der Waals surface area contributed by atoms with Crippen molar-refractivity contribution in [1.29, 1.82) is 0 Å². The van der Waals surface area contributed by atoms with E-state index in [1.54, 1.807) is 0 Å². The predicted molar refractivity (Wildman–Crippen MR) is 101 cm³/mol. The Morgan fingerprint density at radius 2 is 1.84 bits per heavy atom. The number of likely N-dealkylation sites (N-methyl/N-ethyl adjacent to an activating group) is 1. The van der Waals surface area contributed by atoms with Crippen molar-refractivity contribution in [2.24, 2.45) is 5.92 Å². The smallest absolute Gasteiger partial charge is 0.254 e. The van der Waals surface area contributed by atoms with E-state index >= 15 is 0 Å². The zero-order chi connectivity index (χ0) is 16.9. The molecule has 3 rings (SSSR count). The Hall–Kier alpha value is -1.59.